The number of benzene rings is 1. The highest BCUT2D eigenvalue weighted by atomic mass is 35.5. The van der Waals surface area contributed by atoms with Crippen molar-refractivity contribution >= 4 is 23.2 Å². The minimum absolute atomic E-state index is 0.0241. The van der Waals surface area contributed by atoms with Crippen LogP contribution in [0.4, 0.5) is 18.9 Å². The van der Waals surface area contributed by atoms with Crippen molar-refractivity contribution in [2.24, 2.45) is 4.99 Å². The third-order valence-electron chi connectivity index (χ3n) is 4.94. The van der Waals surface area contributed by atoms with E-state index < -0.39 is 12.7 Å². The molecule has 0 amide bonds. The zero-order valence-electron chi connectivity index (χ0n) is 15.3. The summed E-state index contributed by atoms with van der Waals surface area (Å²) in [5.41, 5.74) is 1.09. The van der Waals surface area contributed by atoms with E-state index in [2.05, 4.69) is 20.5 Å². The molecule has 2 aliphatic rings. The van der Waals surface area contributed by atoms with Crippen LogP contribution >= 0.6 is 11.6 Å². The zero-order chi connectivity index (χ0) is 19.4. The Morgan fingerprint density at radius 3 is 2.56 bits per heavy atom. The molecule has 3 rings (SSSR count). The Morgan fingerprint density at radius 1 is 1.19 bits per heavy atom. The van der Waals surface area contributed by atoms with E-state index in [0.29, 0.717) is 30.5 Å². The average Bonchev–Trinajstić information content (AvgIpc) is 3.22. The molecule has 2 fully saturated rings. The highest BCUT2D eigenvalue weighted by molar-refractivity contribution is 6.30. The highest BCUT2D eigenvalue weighted by Crippen LogP contribution is 2.23. The molecule has 2 atom stereocenters. The van der Waals surface area contributed by atoms with Gasteiger partial charge in [0.05, 0.1) is 6.54 Å². The van der Waals surface area contributed by atoms with Gasteiger partial charge in [0.25, 0.3) is 0 Å². The summed E-state index contributed by atoms with van der Waals surface area (Å²) in [6.45, 7) is 1.71. The Balaban J connectivity index is 1.47. The first-order chi connectivity index (χ1) is 12.8. The summed E-state index contributed by atoms with van der Waals surface area (Å²) in [5, 5.41) is 7.37. The second-order valence-corrected chi connectivity index (χ2v) is 7.54. The maximum absolute atomic E-state index is 12.5. The van der Waals surface area contributed by atoms with Crippen molar-refractivity contribution in [1.29, 1.82) is 0 Å². The summed E-state index contributed by atoms with van der Waals surface area (Å²) >= 11 is 6.07. The number of aliphatic imine (C=N–C) groups is 1. The predicted octanol–water partition coefficient (Wildman–Crippen LogP) is 2.72. The molecule has 0 aliphatic carbocycles. The van der Waals surface area contributed by atoms with Gasteiger partial charge in [0.2, 0.25) is 0 Å². The van der Waals surface area contributed by atoms with Crippen LogP contribution in [-0.4, -0.2) is 68.9 Å². The lowest BCUT2D eigenvalue weighted by Gasteiger charge is -2.23. The average molecular weight is 404 g/mol. The summed E-state index contributed by atoms with van der Waals surface area (Å²) < 4.78 is 37.6. The molecule has 0 saturated carbocycles. The number of alkyl halides is 3. The third-order valence-corrected chi connectivity index (χ3v) is 5.18. The fraction of sp³-hybridized carbons (Fsp3) is 0.611. The van der Waals surface area contributed by atoms with Crippen LogP contribution in [0.2, 0.25) is 5.02 Å². The van der Waals surface area contributed by atoms with E-state index in [4.69, 9.17) is 11.6 Å². The molecule has 2 saturated heterocycles. The van der Waals surface area contributed by atoms with Gasteiger partial charge in [0.1, 0.15) is 0 Å². The van der Waals surface area contributed by atoms with E-state index in [1.807, 2.05) is 24.3 Å². The van der Waals surface area contributed by atoms with Crippen molar-refractivity contribution in [3.63, 3.8) is 0 Å². The van der Waals surface area contributed by atoms with Gasteiger partial charge in [-0.2, -0.15) is 13.2 Å². The molecule has 0 spiro atoms. The van der Waals surface area contributed by atoms with E-state index in [-0.39, 0.29) is 12.1 Å². The lowest BCUT2D eigenvalue weighted by Crippen LogP contribution is -2.49. The van der Waals surface area contributed by atoms with Crippen LogP contribution < -0.4 is 15.5 Å². The van der Waals surface area contributed by atoms with Gasteiger partial charge in [-0.3, -0.25) is 9.89 Å². The van der Waals surface area contributed by atoms with E-state index in [9.17, 15) is 13.2 Å². The van der Waals surface area contributed by atoms with Crippen LogP contribution in [0.1, 0.15) is 12.8 Å². The van der Waals surface area contributed by atoms with Gasteiger partial charge in [-0.25, -0.2) is 0 Å². The van der Waals surface area contributed by atoms with Gasteiger partial charge >= 0.3 is 6.18 Å². The van der Waals surface area contributed by atoms with Crippen LogP contribution in [-0.2, 0) is 0 Å². The molecule has 0 bridgehead atoms. The molecule has 2 aliphatic heterocycles. The second kappa shape index (κ2) is 8.56. The van der Waals surface area contributed by atoms with Gasteiger partial charge < -0.3 is 15.5 Å². The maximum atomic E-state index is 12.5. The molecule has 2 N–H and O–H groups in total. The van der Waals surface area contributed by atoms with Crippen molar-refractivity contribution in [3.05, 3.63) is 29.3 Å². The molecule has 1 aromatic rings. The highest BCUT2D eigenvalue weighted by Gasteiger charge is 2.34. The van der Waals surface area contributed by atoms with E-state index >= 15 is 0 Å². The molecule has 27 heavy (non-hydrogen) atoms. The smallest absolute Gasteiger partial charge is 0.369 e. The van der Waals surface area contributed by atoms with Gasteiger partial charge in [0.15, 0.2) is 5.96 Å². The number of likely N-dealkylation sites (tertiary alicyclic amines) is 1. The number of rotatable bonds is 4. The van der Waals surface area contributed by atoms with Crippen LogP contribution in [0.25, 0.3) is 0 Å². The fourth-order valence-corrected chi connectivity index (χ4v) is 3.88. The second-order valence-electron chi connectivity index (χ2n) is 7.11. The zero-order valence-corrected chi connectivity index (χ0v) is 16.0. The summed E-state index contributed by atoms with van der Waals surface area (Å²) in [4.78, 5) is 7.93. The van der Waals surface area contributed by atoms with Crippen LogP contribution in [0, 0.1) is 0 Å². The first kappa shape index (κ1) is 20.1. The molecule has 9 heteroatoms. The lowest BCUT2D eigenvalue weighted by atomic mass is 10.2. The Bertz CT molecular complexity index is 667. The van der Waals surface area contributed by atoms with E-state index in [1.165, 1.54) is 4.90 Å². The number of hydrogen-bond acceptors (Lipinski definition) is 3. The van der Waals surface area contributed by atoms with Gasteiger partial charge in [0, 0.05) is 56.0 Å². The minimum Gasteiger partial charge on any atom is -0.369 e. The van der Waals surface area contributed by atoms with Crippen molar-refractivity contribution in [2.75, 3.05) is 44.7 Å². The van der Waals surface area contributed by atoms with Crippen molar-refractivity contribution in [2.45, 2.75) is 31.1 Å². The van der Waals surface area contributed by atoms with Crippen molar-refractivity contribution in [1.82, 2.24) is 15.5 Å². The maximum Gasteiger partial charge on any atom is 0.401 e. The topological polar surface area (TPSA) is 42.9 Å². The molecule has 0 radical (unpaired) electrons. The largest absolute Gasteiger partial charge is 0.401 e. The van der Waals surface area contributed by atoms with E-state index in [0.717, 1.165) is 25.2 Å². The van der Waals surface area contributed by atoms with Crippen LogP contribution in [0.15, 0.2) is 29.3 Å². The van der Waals surface area contributed by atoms with Crippen LogP contribution in [0.3, 0.4) is 0 Å². The Hall–Kier alpha value is -1.67. The monoisotopic (exact) mass is 403 g/mol. The van der Waals surface area contributed by atoms with Gasteiger partial charge in [-0.15, -0.1) is 0 Å². The number of halogens is 4. The first-order valence-corrected chi connectivity index (χ1v) is 9.49. The summed E-state index contributed by atoms with van der Waals surface area (Å²) in [7, 11) is 1.68. The SMILES string of the molecule is CN=C(NC1CCN(CC(F)(F)F)C1)NC1CCN(c2cccc(Cl)c2)C1. The van der Waals surface area contributed by atoms with Crippen molar-refractivity contribution in [3.8, 4) is 0 Å². The molecule has 0 aromatic heterocycles. The summed E-state index contributed by atoms with van der Waals surface area (Å²) in [6, 6.07) is 7.98. The number of nitrogens with zero attached hydrogens (tertiary/aromatic N) is 3. The standard InChI is InChI=1S/C18H25ClF3N5/c1-23-17(24-14-5-7-26(10-14)12-18(20,21)22)25-15-6-8-27(11-15)16-4-2-3-13(19)9-16/h2-4,9,14-15H,5-8,10-12H2,1H3,(H2,23,24,25). The first-order valence-electron chi connectivity index (χ1n) is 9.12. The number of hydrogen-bond donors (Lipinski definition) is 2. The molecular formula is C18H25ClF3N5. The summed E-state index contributed by atoms with van der Waals surface area (Å²) in [6.07, 6.45) is -2.52. The third kappa shape index (κ3) is 5.90. The number of anilines is 1. The molecule has 5 nitrogen and oxygen atoms in total. The molecular weight excluding hydrogens is 379 g/mol. The number of guanidine groups is 1. The van der Waals surface area contributed by atoms with Crippen molar-refractivity contribution < 1.29 is 13.2 Å². The molecule has 2 heterocycles. The molecule has 150 valence electrons. The quantitative estimate of drug-likeness (QED) is 0.599. The van der Waals surface area contributed by atoms with E-state index in [1.54, 1.807) is 7.05 Å². The predicted molar refractivity (Wildman–Crippen MR) is 103 cm³/mol. The van der Waals surface area contributed by atoms with Gasteiger partial charge in [-0.1, -0.05) is 17.7 Å². The molecule has 1 aromatic carbocycles. The fourth-order valence-electron chi connectivity index (χ4n) is 3.69. The Morgan fingerprint density at radius 2 is 1.89 bits per heavy atom. The molecule has 2 unspecified atom stereocenters. The normalized spacial score (nSPS) is 24.5. The van der Waals surface area contributed by atoms with Gasteiger partial charge in [-0.05, 0) is 31.0 Å². The minimum atomic E-state index is -4.15. The Kier molecular flexibility index (Phi) is 6.37. The Labute approximate surface area is 162 Å². The van der Waals surface area contributed by atoms with Crippen LogP contribution in [0.5, 0.6) is 0 Å². The lowest BCUT2D eigenvalue weighted by molar-refractivity contribution is -0.143. The number of nitrogens with one attached hydrogen (secondary N) is 2. The summed E-state index contributed by atoms with van der Waals surface area (Å²) in [5.74, 6) is 0.645.